The third kappa shape index (κ3) is 4.53. The number of benzene rings is 1. The summed E-state index contributed by atoms with van der Waals surface area (Å²) in [6.07, 6.45) is 4.93. The Morgan fingerprint density at radius 2 is 1.90 bits per heavy atom. The molecule has 0 aliphatic carbocycles. The molecule has 1 heterocycles. The van der Waals surface area contributed by atoms with Crippen LogP contribution in [0.4, 0.5) is 0 Å². The van der Waals surface area contributed by atoms with Crippen LogP contribution in [0.5, 0.6) is 0 Å². The molecule has 0 amide bonds. The molecular formula is C18H30N2O. The molecule has 3 nitrogen and oxygen atoms in total. The molecule has 1 aromatic carbocycles. The average molecular weight is 290 g/mol. The molecule has 1 fully saturated rings. The number of aryl methyl sites for hydroxylation is 1. The van der Waals surface area contributed by atoms with Crippen molar-refractivity contribution in [2.75, 3.05) is 26.2 Å². The minimum atomic E-state index is 0.104. The summed E-state index contributed by atoms with van der Waals surface area (Å²) in [7, 11) is 0. The van der Waals surface area contributed by atoms with Crippen molar-refractivity contribution in [3.05, 3.63) is 35.9 Å². The van der Waals surface area contributed by atoms with Gasteiger partial charge in [-0.25, -0.2) is 0 Å². The Balaban J connectivity index is 1.88. The van der Waals surface area contributed by atoms with E-state index >= 15 is 0 Å². The van der Waals surface area contributed by atoms with Crippen LogP contribution in [-0.2, 0) is 11.2 Å². The maximum Gasteiger partial charge on any atom is 0.0599 e. The Morgan fingerprint density at radius 1 is 1.24 bits per heavy atom. The summed E-state index contributed by atoms with van der Waals surface area (Å²) >= 11 is 0. The second kappa shape index (κ2) is 7.92. The lowest BCUT2D eigenvalue weighted by Gasteiger charge is -2.44. The average Bonchev–Trinajstić information content (AvgIpc) is 2.54. The molecule has 2 rings (SSSR count). The first-order chi connectivity index (χ1) is 10.2. The van der Waals surface area contributed by atoms with Crippen LogP contribution in [0.1, 0.15) is 38.7 Å². The summed E-state index contributed by atoms with van der Waals surface area (Å²) in [5.74, 6) is 0. The largest absolute Gasteiger partial charge is 0.378 e. The van der Waals surface area contributed by atoms with Gasteiger partial charge in [-0.15, -0.1) is 0 Å². The molecule has 3 heteroatoms. The first kappa shape index (κ1) is 16.5. The highest BCUT2D eigenvalue weighted by Gasteiger charge is 2.33. The fraction of sp³-hybridized carbons (Fsp3) is 0.667. The number of rotatable bonds is 7. The van der Waals surface area contributed by atoms with Crippen molar-refractivity contribution in [1.82, 2.24) is 4.90 Å². The van der Waals surface area contributed by atoms with Crippen LogP contribution >= 0.6 is 0 Å². The van der Waals surface area contributed by atoms with Gasteiger partial charge < -0.3 is 10.5 Å². The van der Waals surface area contributed by atoms with Crippen LogP contribution in [0, 0.1) is 0 Å². The van der Waals surface area contributed by atoms with Crippen molar-refractivity contribution in [3.63, 3.8) is 0 Å². The molecule has 21 heavy (non-hydrogen) atoms. The number of hydrogen-bond donors (Lipinski definition) is 1. The van der Waals surface area contributed by atoms with E-state index in [-0.39, 0.29) is 5.54 Å². The molecule has 1 saturated heterocycles. The minimum absolute atomic E-state index is 0.104. The van der Waals surface area contributed by atoms with Crippen molar-refractivity contribution in [1.29, 1.82) is 0 Å². The summed E-state index contributed by atoms with van der Waals surface area (Å²) in [5.41, 5.74) is 7.63. The van der Waals surface area contributed by atoms with Crippen LogP contribution in [0.25, 0.3) is 0 Å². The van der Waals surface area contributed by atoms with Gasteiger partial charge in [0.25, 0.3) is 0 Å². The fourth-order valence-electron chi connectivity index (χ4n) is 3.25. The van der Waals surface area contributed by atoms with Crippen molar-refractivity contribution in [3.8, 4) is 0 Å². The first-order valence-electron chi connectivity index (χ1n) is 8.28. The molecule has 0 bridgehead atoms. The number of ether oxygens (including phenoxy) is 1. The van der Waals surface area contributed by atoms with Gasteiger partial charge >= 0.3 is 0 Å². The molecule has 0 radical (unpaired) electrons. The van der Waals surface area contributed by atoms with E-state index in [1.165, 1.54) is 5.56 Å². The molecule has 1 atom stereocenters. The van der Waals surface area contributed by atoms with E-state index in [9.17, 15) is 0 Å². The number of likely N-dealkylation sites (tertiary alicyclic amines) is 1. The van der Waals surface area contributed by atoms with Crippen molar-refractivity contribution >= 4 is 0 Å². The van der Waals surface area contributed by atoms with E-state index in [0.29, 0.717) is 6.10 Å². The lowest BCUT2D eigenvalue weighted by Crippen LogP contribution is -2.55. The number of hydrogen-bond acceptors (Lipinski definition) is 3. The molecule has 1 aliphatic rings. The number of nitrogens with zero attached hydrogens (tertiary/aromatic N) is 1. The van der Waals surface area contributed by atoms with E-state index in [2.05, 4.69) is 49.1 Å². The van der Waals surface area contributed by atoms with E-state index in [1.807, 2.05) is 0 Å². The predicted molar refractivity (Wildman–Crippen MR) is 88.4 cm³/mol. The van der Waals surface area contributed by atoms with E-state index in [4.69, 9.17) is 10.5 Å². The highest BCUT2D eigenvalue weighted by Crippen LogP contribution is 2.26. The molecule has 2 N–H and O–H groups in total. The highest BCUT2D eigenvalue weighted by molar-refractivity contribution is 5.15. The molecule has 1 aromatic rings. The fourth-order valence-corrected chi connectivity index (χ4v) is 3.25. The summed E-state index contributed by atoms with van der Waals surface area (Å²) in [6, 6.07) is 10.7. The second-order valence-corrected chi connectivity index (χ2v) is 6.33. The zero-order chi connectivity index (χ0) is 15.1. The molecule has 1 unspecified atom stereocenters. The lowest BCUT2D eigenvalue weighted by atomic mass is 9.89. The van der Waals surface area contributed by atoms with Crippen LogP contribution in [0.15, 0.2) is 30.3 Å². The van der Waals surface area contributed by atoms with E-state index in [1.54, 1.807) is 0 Å². The molecule has 0 aromatic heterocycles. The third-order valence-corrected chi connectivity index (χ3v) is 4.84. The van der Waals surface area contributed by atoms with E-state index in [0.717, 1.165) is 51.9 Å². The molecular weight excluding hydrogens is 260 g/mol. The van der Waals surface area contributed by atoms with Gasteiger partial charge in [-0.3, -0.25) is 4.90 Å². The van der Waals surface area contributed by atoms with Gasteiger partial charge in [0.15, 0.2) is 0 Å². The van der Waals surface area contributed by atoms with Crippen molar-refractivity contribution in [2.24, 2.45) is 5.73 Å². The zero-order valence-electron chi connectivity index (χ0n) is 13.6. The number of nitrogens with two attached hydrogens (primary N) is 1. The molecule has 118 valence electrons. The summed E-state index contributed by atoms with van der Waals surface area (Å²) in [4.78, 5) is 2.57. The summed E-state index contributed by atoms with van der Waals surface area (Å²) in [6.45, 7) is 8.15. The maximum absolute atomic E-state index is 6.12. The van der Waals surface area contributed by atoms with E-state index < -0.39 is 0 Å². The van der Waals surface area contributed by atoms with Gasteiger partial charge in [0, 0.05) is 31.8 Å². The van der Waals surface area contributed by atoms with Crippen LogP contribution in [0.3, 0.4) is 0 Å². The molecule has 1 aliphatic heterocycles. The third-order valence-electron chi connectivity index (χ3n) is 4.84. The predicted octanol–water partition coefficient (Wildman–Crippen LogP) is 2.84. The zero-order valence-corrected chi connectivity index (χ0v) is 13.6. The lowest BCUT2D eigenvalue weighted by molar-refractivity contribution is -0.0157. The molecule has 0 spiro atoms. The van der Waals surface area contributed by atoms with Crippen LogP contribution < -0.4 is 5.73 Å². The van der Waals surface area contributed by atoms with Crippen LogP contribution in [0.2, 0.25) is 0 Å². The minimum Gasteiger partial charge on any atom is -0.378 e. The topological polar surface area (TPSA) is 38.5 Å². The first-order valence-corrected chi connectivity index (χ1v) is 8.28. The Kier molecular flexibility index (Phi) is 6.22. The maximum atomic E-state index is 6.12. The summed E-state index contributed by atoms with van der Waals surface area (Å²) in [5, 5.41) is 0. The quantitative estimate of drug-likeness (QED) is 0.839. The second-order valence-electron chi connectivity index (χ2n) is 6.33. The van der Waals surface area contributed by atoms with Gasteiger partial charge in [0.1, 0.15) is 0 Å². The Morgan fingerprint density at radius 3 is 2.48 bits per heavy atom. The van der Waals surface area contributed by atoms with Crippen molar-refractivity contribution < 1.29 is 4.74 Å². The molecule has 0 saturated carbocycles. The smallest absolute Gasteiger partial charge is 0.0599 e. The standard InChI is InChI=1S/C18H30N2O/c1-3-21-17-10-13-20(14-11-17)18(2,15-19)12-9-16-7-5-4-6-8-16/h4-8,17H,3,9-15,19H2,1-2H3. The highest BCUT2D eigenvalue weighted by atomic mass is 16.5. The Bertz CT molecular complexity index is 401. The normalized spacial score (nSPS) is 20.3. The van der Waals surface area contributed by atoms with Crippen LogP contribution in [-0.4, -0.2) is 42.8 Å². The SMILES string of the molecule is CCOC1CCN(C(C)(CN)CCc2ccccc2)CC1. The Labute approximate surface area is 129 Å². The van der Waals surface area contributed by atoms with Gasteiger partial charge in [-0.05, 0) is 45.1 Å². The van der Waals surface area contributed by atoms with Gasteiger partial charge in [0.05, 0.1) is 6.10 Å². The van der Waals surface area contributed by atoms with Gasteiger partial charge in [-0.1, -0.05) is 30.3 Å². The van der Waals surface area contributed by atoms with Crippen molar-refractivity contribution in [2.45, 2.75) is 51.2 Å². The Hall–Kier alpha value is -0.900. The monoisotopic (exact) mass is 290 g/mol. The van der Waals surface area contributed by atoms with Gasteiger partial charge in [-0.2, -0.15) is 0 Å². The number of piperidine rings is 1. The van der Waals surface area contributed by atoms with Gasteiger partial charge in [0.2, 0.25) is 0 Å². The summed E-state index contributed by atoms with van der Waals surface area (Å²) < 4.78 is 5.75.